The highest BCUT2D eigenvalue weighted by Gasteiger charge is 2.19. The van der Waals surface area contributed by atoms with Crippen molar-refractivity contribution in [2.45, 2.75) is 103 Å². The summed E-state index contributed by atoms with van der Waals surface area (Å²) < 4.78 is 6.08. The molecule has 0 radical (unpaired) electrons. The van der Waals surface area contributed by atoms with Crippen LogP contribution in [0.25, 0.3) is 0 Å². The van der Waals surface area contributed by atoms with Crippen LogP contribution in [0.4, 0.5) is 0 Å². The number of aryl methyl sites for hydroxylation is 1. The van der Waals surface area contributed by atoms with Crippen LogP contribution in [0.2, 0.25) is 0 Å². The number of hydrogen-bond acceptors (Lipinski definition) is 2. The maximum absolute atomic E-state index is 9.52. The number of phenols is 1. The number of rotatable bonds is 12. The van der Waals surface area contributed by atoms with E-state index in [-0.39, 0.29) is 0 Å². The molecule has 142 valence electrons. The number of unbranched alkanes of at least 4 members (excludes halogenated alkanes) is 8. The van der Waals surface area contributed by atoms with Crippen LogP contribution in [-0.4, -0.2) is 11.2 Å². The van der Waals surface area contributed by atoms with Gasteiger partial charge in [0.15, 0.2) is 0 Å². The van der Waals surface area contributed by atoms with Gasteiger partial charge >= 0.3 is 0 Å². The number of fused-ring (bicyclic) bond motifs is 1. The van der Waals surface area contributed by atoms with Crippen molar-refractivity contribution in [2.75, 3.05) is 0 Å². The van der Waals surface area contributed by atoms with E-state index in [1.807, 2.05) is 12.1 Å². The van der Waals surface area contributed by atoms with Crippen LogP contribution in [0.3, 0.4) is 0 Å². The van der Waals surface area contributed by atoms with Gasteiger partial charge in [0.1, 0.15) is 11.5 Å². The number of aromatic hydroxyl groups is 1. The summed E-state index contributed by atoms with van der Waals surface area (Å²) in [4.78, 5) is 0. The molecule has 0 aromatic heterocycles. The first kappa shape index (κ1) is 20.1. The second-order valence-corrected chi connectivity index (χ2v) is 8.22. The molecule has 1 aliphatic rings. The quantitative estimate of drug-likeness (QED) is 0.411. The summed E-state index contributed by atoms with van der Waals surface area (Å²) in [5.74, 6) is 2.20. The largest absolute Gasteiger partial charge is 0.508 e. The molecule has 0 aliphatic carbocycles. The second kappa shape index (κ2) is 11.4. The minimum absolute atomic E-state index is 0.348. The lowest BCUT2D eigenvalue weighted by Crippen LogP contribution is -2.22. The van der Waals surface area contributed by atoms with Crippen molar-refractivity contribution in [3.05, 3.63) is 23.8 Å². The monoisotopic (exact) mass is 346 g/mol. The lowest BCUT2D eigenvalue weighted by atomic mass is 9.98. The van der Waals surface area contributed by atoms with Crippen molar-refractivity contribution in [1.82, 2.24) is 0 Å². The first-order valence-corrected chi connectivity index (χ1v) is 10.6. The van der Waals surface area contributed by atoms with Crippen molar-refractivity contribution < 1.29 is 9.84 Å². The van der Waals surface area contributed by atoms with E-state index in [0.29, 0.717) is 11.9 Å². The lowest BCUT2D eigenvalue weighted by molar-refractivity contribution is 0.160. The Morgan fingerprint density at radius 1 is 0.960 bits per heavy atom. The zero-order valence-electron chi connectivity index (χ0n) is 16.4. The third-order valence-electron chi connectivity index (χ3n) is 5.38. The van der Waals surface area contributed by atoms with Gasteiger partial charge in [0, 0.05) is 0 Å². The average Bonchev–Trinajstić information content (AvgIpc) is 2.59. The molecule has 0 spiro atoms. The average molecular weight is 347 g/mol. The molecular formula is C23H38O2. The SMILES string of the molecule is CC(C)CCCCCCCCCCC[C@@H]1CCc2cc(O)ccc2O1. The summed E-state index contributed by atoms with van der Waals surface area (Å²) in [5, 5.41) is 9.52. The number of phenolic OH excluding ortho intramolecular Hbond substituents is 1. The summed E-state index contributed by atoms with van der Waals surface area (Å²) in [6.45, 7) is 4.64. The zero-order valence-corrected chi connectivity index (χ0v) is 16.4. The molecule has 1 N–H and O–H groups in total. The predicted molar refractivity (Wildman–Crippen MR) is 106 cm³/mol. The Kier molecular flexibility index (Phi) is 9.21. The molecular weight excluding hydrogens is 308 g/mol. The summed E-state index contributed by atoms with van der Waals surface area (Å²) in [6, 6.07) is 5.48. The molecule has 0 amide bonds. The molecule has 2 nitrogen and oxygen atoms in total. The van der Waals surface area contributed by atoms with Gasteiger partial charge in [0.2, 0.25) is 0 Å². The van der Waals surface area contributed by atoms with Gasteiger partial charge in [-0.05, 0) is 55.4 Å². The lowest BCUT2D eigenvalue weighted by Gasteiger charge is -2.26. The fourth-order valence-corrected chi connectivity index (χ4v) is 3.80. The topological polar surface area (TPSA) is 29.5 Å². The van der Waals surface area contributed by atoms with E-state index in [1.54, 1.807) is 6.07 Å². The van der Waals surface area contributed by atoms with Gasteiger partial charge in [-0.1, -0.05) is 71.6 Å². The Morgan fingerprint density at radius 3 is 2.28 bits per heavy atom. The van der Waals surface area contributed by atoms with Crippen LogP contribution >= 0.6 is 0 Å². The Balaban J connectivity index is 1.43. The third-order valence-corrected chi connectivity index (χ3v) is 5.38. The maximum Gasteiger partial charge on any atom is 0.123 e. The Hall–Kier alpha value is -1.18. The molecule has 0 unspecified atom stereocenters. The molecule has 2 rings (SSSR count). The van der Waals surface area contributed by atoms with Gasteiger partial charge in [-0.25, -0.2) is 0 Å². The Morgan fingerprint density at radius 2 is 1.60 bits per heavy atom. The zero-order chi connectivity index (χ0) is 17.9. The van der Waals surface area contributed by atoms with Crippen LogP contribution < -0.4 is 4.74 Å². The van der Waals surface area contributed by atoms with Crippen LogP contribution in [0.15, 0.2) is 18.2 Å². The van der Waals surface area contributed by atoms with Gasteiger partial charge < -0.3 is 9.84 Å². The van der Waals surface area contributed by atoms with Crippen molar-refractivity contribution in [3.63, 3.8) is 0 Å². The molecule has 0 fully saturated rings. The minimum atomic E-state index is 0.348. The third kappa shape index (κ3) is 8.16. The fraction of sp³-hybridized carbons (Fsp3) is 0.739. The van der Waals surface area contributed by atoms with E-state index >= 15 is 0 Å². The highest BCUT2D eigenvalue weighted by molar-refractivity contribution is 5.40. The van der Waals surface area contributed by atoms with E-state index in [2.05, 4.69) is 13.8 Å². The maximum atomic E-state index is 9.52. The normalized spacial score (nSPS) is 16.7. The summed E-state index contributed by atoms with van der Waals surface area (Å²) >= 11 is 0. The standard InChI is InChI=1S/C23H38O2/c1-19(2)12-10-8-6-4-3-5-7-9-11-13-22-16-14-20-18-21(24)15-17-23(20)25-22/h15,17-19,22,24H,3-14,16H2,1-2H3/t22-/m1/s1. The van der Waals surface area contributed by atoms with Gasteiger partial charge in [-0.15, -0.1) is 0 Å². The van der Waals surface area contributed by atoms with E-state index in [4.69, 9.17) is 4.74 Å². The summed E-state index contributed by atoms with van der Waals surface area (Å²) in [5.41, 5.74) is 1.16. The molecule has 1 aromatic rings. The van der Waals surface area contributed by atoms with E-state index in [0.717, 1.165) is 30.1 Å². The molecule has 0 bridgehead atoms. The van der Waals surface area contributed by atoms with Crippen LogP contribution in [0.1, 0.15) is 96.5 Å². The molecule has 1 heterocycles. The molecule has 25 heavy (non-hydrogen) atoms. The van der Waals surface area contributed by atoms with Crippen molar-refractivity contribution in [3.8, 4) is 11.5 Å². The van der Waals surface area contributed by atoms with Gasteiger partial charge in [-0.3, -0.25) is 0 Å². The van der Waals surface area contributed by atoms with E-state index in [1.165, 1.54) is 70.6 Å². The molecule has 2 heteroatoms. The molecule has 0 saturated carbocycles. The molecule has 0 saturated heterocycles. The first-order chi connectivity index (χ1) is 12.1. The van der Waals surface area contributed by atoms with Crippen molar-refractivity contribution in [1.29, 1.82) is 0 Å². The highest BCUT2D eigenvalue weighted by Crippen LogP contribution is 2.31. The van der Waals surface area contributed by atoms with Crippen molar-refractivity contribution in [2.24, 2.45) is 5.92 Å². The molecule has 1 aliphatic heterocycles. The number of ether oxygens (including phenoxy) is 1. The molecule has 1 atom stereocenters. The Bertz CT molecular complexity index is 481. The van der Waals surface area contributed by atoms with Crippen LogP contribution in [0.5, 0.6) is 11.5 Å². The highest BCUT2D eigenvalue weighted by atomic mass is 16.5. The van der Waals surface area contributed by atoms with Gasteiger partial charge in [-0.2, -0.15) is 0 Å². The van der Waals surface area contributed by atoms with Crippen molar-refractivity contribution >= 4 is 0 Å². The van der Waals surface area contributed by atoms with Crippen LogP contribution in [0, 0.1) is 5.92 Å². The smallest absolute Gasteiger partial charge is 0.123 e. The summed E-state index contributed by atoms with van der Waals surface area (Å²) in [7, 11) is 0. The second-order valence-electron chi connectivity index (χ2n) is 8.22. The molecule has 1 aromatic carbocycles. The predicted octanol–water partition coefficient (Wildman–Crippen LogP) is 7.03. The number of hydrogen-bond donors (Lipinski definition) is 1. The summed E-state index contributed by atoms with van der Waals surface area (Å²) in [6.07, 6.45) is 17.6. The minimum Gasteiger partial charge on any atom is -0.508 e. The fourth-order valence-electron chi connectivity index (χ4n) is 3.80. The van der Waals surface area contributed by atoms with Crippen LogP contribution in [-0.2, 0) is 6.42 Å². The van der Waals surface area contributed by atoms with E-state index in [9.17, 15) is 5.11 Å². The van der Waals surface area contributed by atoms with Gasteiger partial charge in [0.25, 0.3) is 0 Å². The van der Waals surface area contributed by atoms with Gasteiger partial charge in [0.05, 0.1) is 6.10 Å². The Labute approximate surface area is 155 Å². The van der Waals surface area contributed by atoms with E-state index < -0.39 is 0 Å². The number of benzene rings is 1. The first-order valence-electron chi connectivity index (χ1n) is 10.6.